The Labute approximate surface area is 332 Å². The minimum Gasteiger partial charge on any atom is -0.390 e. The number of morpholine rings is 1. The maximum Gasteiger partial charge on any atom is 0.223 e. The van der Waals surface area contributed by atoms with Crippen molar-refractivity contribution in [1.82, 2.24) is 9.80 Å². The summed E-state index contributed by atoms with van der Waals surface area (Å²) in [5, 5.41) is 12.7. The molecule has 1 N–H and O–H groups in total. The molecule has 2 heterocycles. The molecule has 6 saturated carbocycles. The lowest BCUT2D eigenvalue weighted by Crippen LogP contribution is -2.61. The molecule has 6 aliphatic carbocycles. The van der Waals surface area contributed by atoms with Gasteiger partial charge in [-0.05, 0) is 140 Å². The molecule has 2 saturated heterocycles. The van der Waals surface area contributed by atoms with Crippen LogP contribution >= 0.6 is 0 Å². The van der Waals surface area contributed by atoms with Crippen LogP contribution in [0, 0.1) is 68.3 Å². The summed E-state index contributed by atoms with van der Waals surface area (Å²) in [5.74, 6) is -0.0842. The summed E-state index contributed by atoms with van der Waals surface area (Å²) in [6, 6.07) is 3.40. The van der Waals surface area contributed by atoms with Crippen molar-refractivity contribution in [3.8, 4) is 0 Å². The number of carbonyl (C=O) groups is 2. The molecular formula is C46H66F2N2O6. The fourth-order valence-corrected chi connectivity index (χ4v) is 15.3. The third-order valence-electron chi connectivity index (χ3n) is 18.1. The zero-order valence-electron chi connectivity index (χ0n) is 34.9. The average molecular weight is 781 g/mol. The van der Waals surface area contributed by atoms with Crippen molar-refractivity contribution in [1.29, 1.82) is 0 Å². The van der Waals surface area contributed by atoms with Crippen molar-refractivity contribution < 1.29 is 37.7 Å². The highest BCUT2D eigenvalue weighted by Crippen LogP contribution is 2.89. The molecule has 13 atom stereocenters. The molecule has 2 amide bonds. The van der Waals surface area contributed by atoms with Gasteiger partial charge in [0.05, 0.1) is 37.6 Å². The zero-order valence-corrected chi connectivity index (χ0v) is 34.9. The van der Waals surface area contributed by atoms with Crippen molar-refractivity contribution >= 4 is 11.8 Å². The van der Waals surface area contributed by atoms with Gasteiger partial charge in [-0.2, -0.15) is 0 Å². The number of benzene rings is 1. The summed E-state index contributed by atoms with van der Waals surface area (Å²) in [6.07, 6.45) is 10.4. The van der Waals surface area contributed by atoms with Gasteiger partial charge in [0.2, 0.25) is 11.8 Å². The maximum atomic E-state index is 14.0. The molecule has 2 aliphatic heterocycles. The van der Waals surface area contributed by atoms with Gasteiger partial charge in [-0.1, -0.05) is 34.6 Å². The second-order valence-electron chi connectivity index (χ2n) is 21.4. The van der Waals surface area contributed by atoms with Crippen molar-refractivity contribution in [2.24, 2.45) is 56.7 Å². The Morgan fingerprint density at radius 2 is 1.66 bits per heavy atom. The Bertz CT molecular complexity index is 1730. The zero-order chi connectivity index (χ0) is 39.8. The summed E-state index contributed by atoms with van der Waals surface area (Å²) in [4.78, 5) is 29.5. The number of nitrogens with zero attached hydrogens (tertiary/aromatic N) is 2. The minimum atomic E-state index is -0.805. The van der Waals surface area contributed by atoms with Crippen LogP contribution in [0.3, 0.4) is 0 Å². The van der Waals surface area contributed by atoms with Crippen molar-refractivity contribution in [2.75, 3.05) is 26.2 Å². The van der Waals surface area contributed by atoms with Crippen LogP contribution < -0.4 is 0 Å². The molecule has 1 aromatic rings. The Morgan fingerprint density at radius 1 is 0.964 bits per heavy atom. The number of amides is 2. The monoisotopic (exact) mass is 780 g/mol. The molecule has 310 valence electrons. The van der Waals surface area contributed by atoms with E-state index in [0.717, 1.165) is 44.6 Å². The number of hydrogen-bond donors (Lipinski definition) is 1. The van der Waals surface area contributed by atoms with Gasteiger partial charge in [-0.3, -0.25) is 9.59 Å². The predicted octanol–water partition coefficient (Wildman–Crippen LogP) is 7.89. The highest BCUT2D eigenvalue weighted by atomic mass is 19.1. The highest BCUT2D eigenvalue weighted by molar-refractivity contribution is 5.77. The van der Waals surface area contributed by atoms with E-state index in [2.05, 4.69) is 34.6 Å². The molecule has 2 spiro atoms. The Hall–Kier alpha value is -2.14. The van der Waals surface area contributed by atoms with Gasteiger partial charge in [-0.15, -0.1) is 0 Å². The van der Waals surface area contributed by atoms with E-state index in [-0.39, 0.29) is 75.6 Å². The van der Waals surface area contributed by atoms with Crippen LogP contribution in [0.1, 0.15) is 125 Å². The Kier molecular flexibility index (Phi) is 9.26. The van der Waals surface area contributed by atoms with Crippen LogP contribution in [-0.4, -0.2) is 83.2 Å². The van der Waals surface area contributed by atoms with Gasteiger partial charge in [0.15, 0.2) is 5.79 Å². The van der Waals surface area contributed by atoms with Crippen molar-refractivity contribution in [2.45, 2.75) is 156 Å². The molecule has 8 aliphatic rings. The number of fused-ring (bicyclic) bond motifs is 4. The van der Waals surface area contributed by atoms with E-state index in [4.69, 9.17) is 14.2 Å². The number of hydrogen-bond acceptors (Lipinski definition) is 6. The predicted molar refractivity (Wildman–Crippen MR) is 207 cm³/mol. The third kappa shape index (κ3) is 5.82. The molecule has 0 radical (unpaired) electrons. The van der Waals surface area contributed by atoms with Crippen LogP contribution in [0.4, 0.5) is 8.78 Å². The van der Waals surface area contributed by atoms with Gasteiger partial charge in [0.25, 0.3) is 0 Å². The van der Waals surface area contributed by atoms with Gasteiger partial charge < -0.3 is 29.1 Å². The lowest BCUT2D eigenvalue weighted by atomic mass is 9.41. The second-order valence-corrected chi connectivity index (χ2v) is 21.4. The lowest BCUT2D eigenvalue weighted by Gasteiger charge is -2.64. The Balaban J connectivity index is 0.913. The van der Waals surface area contributed by atoms with E-state index in [1.807, 2.05) is 11.8 Å². The fourth-order valence-electron chi connectivity index (χ4n) is 15.3. The van der Waals surface area contributed by atoms with Crippen LogP contribution in [0.2, 0.25) is 0 Å². The first-order valence-corrected chi connectivity index (χ1v) is 22.0. The minimum absolute atomic E-state index is 0.0425. The number of halogens is 2. The number of rotatable bonds is 8. The van der Waals surface area contributed by atoms with Crippen LogP contribution in [0.5, 0.6) is 0 Å². The SMILES string of the molecule is CC(=O)N(Cc1cc(F)cc(F)c1)CC1CC(C)C2C(O1)C(O)C1(C)C3CCC4C(C)(C)C(OC5(C)CN(C(=O)CC6CC6)CCO5)CCC45CC35CCC21C. The van der Waals surface area contributed by atoms with E-state index in [1.54, 1.807) is 4.90 Å². The molecule has 8 fully saturated rings. The normalized spacial score (nSPS) is 46.1. The molecular weight excluding hydrogens is 715 g/mol. The van der Waals surface area contributed by atoms with E-state index >= 15 is 0 Å². The van der Waals surface area contributed by atoms with E-state index < -0.39 is 23.5 Å². The standard InChI is InChI=1S/C46H66F2N2O6/c1-27-18-33(24-50(28(2)51)23-30-19-31(47)22-32(48)20-30)55-39-38(27)42(5)14-15-46-25-45(46)13-12-36(41(3,4)34(45)10-11-35(46)44(42,7)40(39)53)56-43(6)26-49(16-17-54-43)37(52)21-29-8-9-29/h19-20,22,27,29,33-36,38-40,53H,8-18,21,23-26H2,1-7H3. The number of carbonyl (C=O) groups excluding carboxylic acids is 2. The first kappa shape index (κ1) is 39.3. The largest absolute Gasteiger partial charge is 0.390 e. The summed E-state index contributed by atoms with van der Waals surface area (Å²) < 4.78 is 48.4. The summed E-state index contributed by atoms with van der Waals surface area (Å²) in [7, 11) is 0. The summed E-state index contributed by atoms with van der Waals surface area (Å²) >= 11 is 0. The van der Waals surface area contributed by atoms with E-state index in [9.17, 15) is 23.5 Å². The first-order chi connectivity index (χ1) is 26.4. The van der Waals surface area contributed by atoms with E-state index in [1.165, 1.54) is 44.7 Å². The maximum absolute atomic E-state index is 14.0. The van der Waals surface area contributed by atoms with Gasteiger partial charge in [0, 0.05) is 44.5 Å². The van der Waals surface area contributed by atoms with Crippen LogP contribution in [0.15, 0.2) is 18.2 Å². The molecule has 0 aromatic heterocycles. The van der Waals surface area contributed by atoms with Crippen LogP contribution in [0.25, 0.3) is 0 Å². The summed E-state index contributed by atoms with van der Waals surface area (Å²) in [5.41, 5.74) is 0.396. The number of aliphatic hydroxyl groups is 1. The second kappa shape index (κ2) is 13.2. The quantitative estimate of drug-likeness (QED) is 0.289. The molecule has 0 bridgehead atoms. The lowest BCUT2D eigenvalue weighted by molar-refractivity contribution is -0.302. The van der Waals surface area contributed by atoms with Gasteiger partial charge in [-0.25, -0.2) is 8.78 Å². The van der Waals surface area contributed by atoms with E-state index in [0.29, 0.717) is 56.0 Å². The molecule has 8 nitrogen and oxygen atoms in total. The van der Waals surface area contributed by atoms with Crippen molar-refractivity contribution in [3.63, 3.8) is 0 Å². The highest BCUT2D eigenvalue weighted by Gasteiger charge is 2.84. The molecule has 10 heteroatoms. The average Bonchev–Trinajstić information content (AvgIpc) is 4.04. The first-order valence-electron chi connectivity index (χ1n) is 22.0. The molecule has 1 aromatic carbocycles. The Morgan fingerprint density at radius 3 is 2.36 bits per heavy atom. The molecule has 9 rings (SSSR count). The third-order valence-corrected chi connectivity index (χ3v) is 18.1. The number of ether oxygens (including phenoxy) is 3. The van der Waals surface area contributed by atoms with Crippen LogP contribution in [-0.2, 0) is 30.3 Å². The van der Waals surface area contributed by atoms with Gasteiger partial charge in [0.1, 0.15) is 11.6 Å². The van der Waals surface area contributed by atoms with Gasteiger partial charge >= 0.3 is 0 Å². The van der Waals surface area contributed by atoms with Crippen molar-refractivity contribution in [3.05, 3.63) is 35.4 Å². The fraction of sp³-hybridized carbons (Fsp3) is 0.826. The number of aliphatic hydroxyl groups excluding tert-OH is 1. The summed E-state index contributed by atoms with van der Waals surface area (Å²) in [6.45, 7) is 17.6. The molecule has 56 heavy (non-hydrogen) atoms. The molecule has 13 unspecified atom stereocenters. The smallest absolute Gasteiger partial charge is 0.223 e. The topological polar surface area (TPSA) is 88.5 Å².